The summed E-state index contributed by atoms with van der Waals surface area (Å²) < 4.78 is 42.3. The largest absolute Gasteiger partial charge is 0.352 e. The Balaban J connectivity index is 1.73. The van der Waals surface area contributed by atoms with Gasteiger partial charge in [-0.3, -0.25) is 13.9 Å². The summed E-state index contributed by atoms with van der Waals surface area (Å²) in [6.07, 6.45) is 4.03. The molecule has 0 bridgehead atoms. The van der Waals surface area contributed by atoms with Gasteiger partial charge in [-0.25, -0.2) is 12.8 Å². The van der Waals surface area contributed by atoms with E-state index in [1.54, 1.807) is 43.3 Å². The van der Waals surface area contributed by atoms with Gasteiger partial charge in [0.25, 0.3) is 10.0 Å². The van der Waals surface area contributed by atoms with E-state index in [4.69, 9.17) is 23.2 Å². The monoisotopic (exact) mass is 619 g/mol. The zero-order valence-electron chi connectivity index (χ0n) is 22.6. The highest BCUT2D eigenvalue weighted by molar-refractivity contribution is 7.92. The number of carbonyl (C=O) groups is 2. The first kappa shape index (κ1) is 30.8. The minimum absolute atomic E-state index is 0.0200. The fourth-order valence-corrected chi connectivity index (χ4v) is 6.95. The van der Waals surface area contributed by atoms with E-state index in [9.17, 15) is 22.4 Å². The van der Waals surface area contributed by atoms with Crippen molar-refractivity contribution in [3.8, 4) is 0 Å². The number of halogens is 3. The van der Waals surface area contributed by atoms with E-state index in [2.05, 4.69) is 5.32 Å². The van der Waals surface area contributed by atoms with Crippen molar-refractivity contribution in [3.05, 3.63) is 94.2 Å². The Bertz CT molecular complexity index is 1450. The van der Waals surface area contributed by atoms with Crippen molar-refractivity contribution in [1.29, 1.82) is 0 Å². The molecule has 1 saturated carbocycles. The van der Waals surface area contributed by atoms with E-state index < -0.39 is 34.3 Å². The molecule has 0 aromatic heterocycles. The maximum Gasteiger partial charge on any atom is 0.264 e. The van der Waals surface area contributed by atoms with E-state index in [0.29, 0.717) is 15.6 Å². The maximum atomic E-state index is 14.1. The molecule has 0 aliphatic heterocycles. The van der Waals surface area contributed by atoms with Crippen molar-refractivity contribution in [2.45, 2.75) is 62.6 Å². The Morgan fingerprint density at radius 2 is 1.56 bits per heavy atom. The second-order valence-electron chi connectivity index (χ2n) is 9.94. The molecule has 1 aliphatic carbocycles. The lowest BCUT2D eigenvalue weighted by Crippen LogP contribution is -2.53. The Morgan fingerprint density at radius 1 is 0.951 bits per heavy atom. The maximum absolute atomic E-state index is 14.1. The summed E-state index contributed by atoms with van der Waals surface area (Å²) >= 11 is 12.9. The SMILES string of the molecule is CC[C@@H](C(=O)NC1CCCC1)N(Cc1c(Cl)cccc1Cl)C(=O)CN(c1ccc(F)cc1)S(=O)(=O)c1ccccc1. The highest BCUT2D eigenvalue weighted by Crippen LogP contribution is 2.29. The van der Waals surface area contributed by atoms with E-state index in [1.807, 2.05) is 0 Å². The van der Waals surface area contributed by atoms with Gasteiger partial charge in [-0.1, -0.05) is 67.2 Å². The smallest absolute Gasteiger partial charge is 0.264 e. The van der Waals surface area contributed by atoms with Crippen LogP contribution in [0.15, 0.2) is 77.7 Å². The number of anilines is 1. The molecule has 4 rings (SSSR count). The molecule has 41 heavy (non-hydrogen) atoms. The minimum Gasteiger partial charge on any atom is -0.352 e. The van der Waals surface area contributed by atoms with Gasteiger partial charge in [0.2, 0.25) is 11.8 Å². The van der Waals surface area contributed by atoms with Crippen molar-refractivity contribution in [2.75, 3.05) is 10.8 Å². The van der Waals surface area contributed by atoms with Gasteiger partial charge >= 0.3 is 0 Å². The van der Waals surface area contributed by atoms with Crippen LogP contribution in [-0.4, -0.2) is 43.8 Å². The molecule has 0 heterocycles. The summed E-state index contributed by atoms with van der Waals surface area (Å²) in [7, 11) is -4.25. The van der Waals surface area contributed by atoms with Crippen LogP contribution in [0.25, 0.3) is 0 Å². The summed E-state index contributed by atoms with van der Waals surface area (Å²) in [5, 5.41) is 3.68. The normalized spacial score (nSPS) is 14.4. The third kappa shape index (κ3) is 7.39. The Hall–Kier alpha value is -3.14. The van der Waals surface area contributed by atoms with Crippen LogP contribution in [-0.2, 0) is 26.2 Å². The molecule has 2 amide bonds. The zero-order chi connectivity index (χ0) is 29.6. The van der Waals surface area contributed by atoms with Crippen LogP contribution < -0.4 is 9.62 Å². The van der Waals surface area contributed by atoms with E-state index >= 15 is 0 Å². The number of amides is 2. The highest BCUT2D eigenvalue weighted by Gasteiger charge is 2.35. The fraction of sp³-hybridized carbons (Fsp3) is 0.333. The summed E-state index contributed by atoms with van der Waals surface area (Å²) in [5.74, 6) is -1.52. The average Bonchev–Trinajstić information content (AvgIpc) is 3.47. The Morgan fingerprint density at radius 3 is 2.15 bits per heavy atom. The summed E-state index contributed by atoms with van der Waals surface area (Å²) in [6, 6.07) is 16.5. The van der Waals surface area contributed by atoms with Crippen molar-refractivity contribution >= 4 is 50.7 Å². The molecule has 1 atom stereocenters. The minimum atomic E-state index is -4.25. The zero-order valence-corrected chi connectivity index (χ0v) is 24.9. The number of sulfonamides is 1. The van der Waals surface area contributed by atoms with Gasteiger partial charge < -0.3 is 10.2 Å². The summed E-state index contributed by atoms with van der Waals surface area (Å²) in [5.41, 5.74) is 0.540. The predicted molar refractivity (Wildman–Crippen MR) is 159 cm³/mol. The first-order valence-electron chi connectivity index (χ1n) is 13.5. The fourth-order valence-electron chi connectivity index (χ4n) is 5.00. The molecule has 0 spiro atoms. The van der Waals surface area contributed by atoms with Gasteiger partial charge in [0.05, 0.1) is 10.6 Å². The van der Waals surface area contributed by atoms with Crippen LogP contribution in [0.4, 0.5) is 10.1 Å². The van der Waals surface area contributed by atoms with E-state index in [0.717, 1.165) is 42.1 Å². The molecule has 11 heteroatoms. The van der Waals surface area contributed by atoms with Gasteiger partial charge in [0, 0.05) is 28.2 Å². The first-order chi connectivity index (χ1) is 19.6. The number of nitrogens with zero attached hydrogens (tertiary/aromatic N) is 2. The number of rotatable bonds is 11. The Labute approximate surface area is 250 Å². The van der Waals surface area contributed by atoms with Gasteiger partial charge in [0.1, 0.15) is 18.4 Å². The van der Waals surface area contributed by atoms with E-state index in [1.165, 1.54) is 29.2 Å². The molecule has 1 aliphatic rings. The second-order valence-corrected chi connectivity index (χ2v) is 12.6. The standard InChI is InChI=1S/C30H32Cl2FN3O4S/c1-2-28(30(38)34-22-9-6-7-10-22)35(19-25-26(31)13-8-14-27(25)32)29(37)20-36(23-17-15-21(33)16-18-23)41(39,40)24-11-4-3-5-12-24/h3-5,8,11-18,22,28H,2,6-7,9-10,19-20H2,1H3,(H,34,38)/t28-/m0/s1. The van der Waals surface area contributed by atoms with Crippen LogP contribution in [0.5, 0.6) is 0 Å². The molecule has 0 unspecified atom stereocenters. The van der Waals surface area contributed by atoms with E-state index in [-0.39, 0.29) is 35.5 Å². The lowest BCUT2D eigenvalue weighted by molar-refractivity contribution is -0.140. The quantitative estimate of drug-likeness (QED) is 0.277. The van der Waals surface area contributed by atoms with Crippen molar-refractivity contribution in [1.82, 2.24) is 10.2 Å². The third-order valence-corrected chi connectivity index (χ3v) is 9.70. The molecule has 1 N–H and O–H groups in total. The third-order valence-electron chi connectivity index (χ3n) is 7.20. The van der Waals surface area contributed by atoms with Crippen LogP contribution in [0.2, 0.25) is 10.0 Å². The van der Waals surface area contributed by atoms with Crippen LogP contribution in [0.3, 0.4) is 0 Å². The van der Waals surface area contributed by atoms with Gasteiger partial charge in [-0.05, 0) is 67.8 Å². The highest BCUT2D eigenvalue weighted by atomic mass is 35.5. The number of benzene rings is 3. The van der Waals surface area contributed by atoms with Crippen LogP contribution in [0, 0.1) is 5.82 Å². The lowest BCUT2D eigenvalue weighted by Gasteiger charge is -2.34. The second kappa shape index (κ2) is 13.7. The molecule has 218 valence electrons. The molecule has 3 aromatic carbocycles. The topological polar surface area (TPSA) is 86.8 Å². The predicted octanol–water partition coefficient (Wildman–Crippen LogP) is 6.19. The van der Waals surface area contributed by atoms with Crippen molar-refractivity contribution in [3.63, 3.8) is 0 Å². The molecule has 7 nitrogen and oxygen atoms in total. The molecule has 0 radical (unpaired) electrons. The lowest BCUT2D eigenvalue weighted by atomic mass is 10.1. The molecular weight excluding hydrogens is 588 g/mol. The van der Waals surface area contributed by atoms with Crippen molar-refractivity contribution < 1.29 is 22.4 Å². The number of carbonyl (C=O) groups excluding carboxylic acids is 2. The van der Waals surface area contributed by atoms with Crippen LogP contribution in [0.1, 0.15) is 44.6 Å². The van der Waals surface area contributed by atoms with Gasteiger partial charge in [-0.2, -0.15) is 0 Å². The van der Waals surface area contributed by atoms with Crippen molar-refractivity contribution in [2.24, 2.45) is 0 Å². The molecule has 0 saturated heterocycles. The molecule has 3 aromatic rings. The number of hydrogen-bond acceptors (Lipinski definition) is 4. The summed E-state index contributed by atoms with van der Waals surface area (Å²) in [4.78, 5) is 28.9. The van der Waals surface area contributed by atoms with Gasteiger partial charge in [0.15, 0.2) is 0 Å². The van der Waals surface area contributed by atoms with Crippen LogP contribution >= 0.6 is 23.2 Å². The molecular formula is C30H32Cl2FN3O4S. The Kier molecular flexibility index (Phi) is 10.3. The van der Waals surface area contributed by atoms with Gasteiger partial charge in [-0.15, -0.1) is 0 Å². The average molecular weight is 621 g/mol. The first-order valence-corrected chi connectivity index (χ1v) is 15.7. The molecule has 1 fully saturated rings. The number of nitrogens with one attached hydrogen (secondary N) is 1. The number of hydrogen-bond donors (Lipinski definition) is 1. The summed E-state index contributed by atoms with van der Waals surface area (Å²) in [6.45, 7) is 1.03.